The zero-order valence-corrected chi connectivity index (χ0v) is 7.65. The van der Waals surface area contributed by atoms with Gasteiger partial charge in [0.2, 0.25) is 4.38 Å². The van der Waals surface area contributed by atoms with Crippen molar-refractivity contribution in [3.05, 3.63) is 12.7 Å². The summed E-state index contributed by atoms with van der Waals surface area (Å²) in [5.41, 5.74) is 0. The van der Waals surface area contributed by atoms with E-state index in [4.69, 9.17) is 4.55 Å². The average molecular weight is 195 g/mol. The molecule has 6 heteroatoms. The Kier molecular flexibility index (Phi) is 4.39. The van der Waals surface area contributed by atoms with Crippen LogP contribution in [0.4, 0.5) is 0 Å². The highest BCUT2D eigenvalue weighted by Gasteiger charge is 2.12. The van der Waals surface area contributed by atoms with Crippen molar-refractivity contribution < 1.29 is 13.0 Å². The maximum atomic E-state index is 10.4. The molecule has 0 aliphatic heterocycles. The van der Waals surface area contributed by atoms with Gasteiger partial charge < -0.3 is 0 Å². The van der Waals surface area contributed by atoms with E-state index in [2.05, 4.69) is 11.6 Å². The molecule has 64 valence electrons. The van der Waals surface area contributed by atoms with Crippen LogP contribution in [-0.2, 0) is 10.1 Å². The molecule has 0 aliphatic rings. The van der Waals surface area contributed by atoms with Gasteiger partial charge in [-0.05, 0) is 6.26 Å². The second-order valence-electron chi connectivity index (χ2n) is 1.57. The molecular weight excluding hydrogens is 186 g/mol. The normalized spacial score (nSPS) is 13.1. The van der Waals surface area contributed by atoms with Crippen molar-refractivity contribution in [3.63, 3.8) is 0 Å². The number of rotatable bonds is 2. The van der Waals surface area contributed by atoms with Crippen LogP contribution in [0.3, 0.4) is 0 Å². The van der Waals surface area contributed by atoms with Crippen LogP contribution in [0.15, 0.2) is 17.6 Å². The Labute approximate surface area is 70.2 Å². The summed E-state index contributed by atoms with van der Waals surface area (Å²) >= 11 is 0.881. The predicted octanol–water partition coefficient (Wildman–Crippen LogP) is 0.779. The van der Waals surface area contributed by atoms with Crippen molar-refractivity contribution in [1.82, 2.24) is 0 Å². The minimum atomic E-state index is -4.12. The third kappa shape index (κ3) is 4.18. The van der Waals surface area contributed by atoms with E-state index in [-0.39, 0.29) is 10.9 Å². The van der Waals surface area contributed by atoms with E-state index in [0.29, 0.717) is 0 Å². The van der Waals surface area contributed by atoms with Gasteiger partial charge in [0.1, 0.15) is 0 Å². The van der Waals surface area contributed by atoms with Crippen LogP contribution in [0.2, 0.25) is 0 Å². The average Bonchev–Trinajstić information content (AvgIpc) is 1.87. The summed E-state index contributed by atoms with van der Waals surface area (Å²) in [5, 5.41) is 0. The first-order valence-electron chi connectivity index (χ1n) is 2.69. The van der Waals surface area contributed by atoms with Gasteiger partial charge in [0, 0.05) is 0 Å². The van der Waals surface area contributed by atoms with E-state index in [0.717, 1.165) is 11.8 Å². The molecule has 0 radical (unpaired) electrons. The lowest BCUT2D eigenvalue weighted by Gasteiger charge is -1.95. The molecule has 0 bridgehead atoms. The first kappa shape index (κ1) is 10.7. The smallest absolute Gasteiger partial charge is 0.280 e. The van der Waals surface area contributed by atoms with Crippen molar-refractivity contribution in [2.45, 2.75) is 0 Å². The number of hydrogen-bond donors (Lipinski definition) is 1. The molecular formula is C5H9NO3S2. The molecule has 0 saturated heterocycles. The monoisotopic (exact) mass is 195 g/mol. The molecule has 0 aromatic rings. The highest BCUT2D eigenvalue weighted by Crippen LogP contribution is 2.04. The van der Waals surface area contributed by atoms with E-state index >= 15 is 0 Å². The van der Waals surface area contributed by atoms with Crippen molar-refractivity contribution in [2.24, 2.45) is 4.99 Å². The fourth-order valence-electron chi connectivity index (χ4n) is 0.391. The molecule has 0 saturated carbocycles. The molecule has 1 N–H and O–H groups in total. The molecule has 0 amide bonds. The number of aliphatic imine (C=N–C) groups is 1. The number of nitrogens with zero attached hydrogens (tertiary/aromatic N) is 1. The van der Waals surface area contributed by atoms with Gasteiger partial charge in [0.15, 0.2) is 0 Å². The SMILES string of the molecule is C=CCN=C(SC)S(=O)(=O)O. The molecule has 0 aromatic carbocycles. The predicted molar refractivity (Wildman–Crippen MR) is 47.6 cm³/mol. The number of hydrogen-bond acceptors (Lipinski definition) is 4. The van der Waals surface area contributed by atoms with Crippen LogP contribution in [0.1, 0.15) is 0 Å². The van der Waals surface area contributed by atoms with Crippen LogP contribution in [0.25, 0.3) is 0 Å². The maximum Gasteiger partial charge on any atom is 0.318 e. The molecule has 0 spiro atoms. The zero-order valence-electron chi connectivity index (χ0n) is 6.02. The lowest BCUT2D eigenvalue weighted by molar-refractivity contribution is 0.499. The summed E-state index contributed by atoms with van der Waals surface area (Å²) in [6.07, 6.45) is 2.97. The summed E-state index contributed by atoms with van der Waals surface area (Å²) in [7, 11) is -4.12. The summed E-state index contributed by atoms with van der Waals surface area (Å²) in [6.45, 7) is 3.55. The maximum absolute atomic E-state index is 10.4. The molecule has 0 heterocycles. The van der Waals surface area contributed by atoms with E-state index < -0.39 is 10.1 Å². The van der Waals surface area contributed by atoms with Gasteiger partial charge in [0.25, 0.3) is 0 Å². The Morgan fingerprint density at radius 3 is 2.64 bits per heavy atom. The Hall–Kier alpha value is -0.330. The van der Waals surface area contributed by atoms with Crippen molar-refractivity contribution in [2.75, 3.05) is 12.8 Å². The van der Waals surface area contributed by atoms with Gasteiger partial charge in [0.05, 0.1) is 6.54 Å². The van der Waals surface area contributed by atoms with Gasteiger partial charge in [-0.1, -0.05) is 17.8 Å². The van der Waals surface area contributed by atoms with Crippen LogP contribution >= 0.6 is 11.8 Å². The Morgan fingerprint density at radius 2 is 2.36 bits per heavy atom. The fraction of sp³-hybridized carbons (Fsp3) is 0.400. The van der Waals surface area contributed by atoms with Gasteiger partial charge in [-0.3, -0.25) is 9.55 Å². The summed E-state index contributed by atoms with van der Waals surface area (Å²) < 4.78 is 29.1. The highest BCUT2D eigenvalue weighted by molar-refractivity contribution is 8.33. The third-order valence-electron chi connectivity index (χ3n) is 0.745. The second kappa shape index (κ2) is 4.53. The Morgan fingerprint density at radius 1 is 1.82 bits per heavy atom. The fourth-order valence-corrected chi connectivity index (χ4v) is 1.67. The van der Waals surface area contributed by atoms with Crippen molar-refractivity contribution in [1.29, 1.82) is 0 Å². The van der Waals surface area contributed by atoms with E-state index in [1.807, 2.05) is 0 Å². The van der Waals surface area contributed by atoms with Crippen LogP contribution in [0, 0.1) is 0 Å². The zero-order chi connectivity index (χ0) is 8.91. The Balaban J connectivity index is 4.54. The molecule has 0 atom stereocenters. The summed E-state index contributed by atoms with van der Waals surface area (Å²) in [5.74, 6) is 0. The molecule has 0 aliphatic carbocycles. The van der Waals surface area contributed by atoms with Crippen LogP contribution < -0.4 is 0 Å². The van der Waals surface area contributed by atoms with Crippen LogP contribution in [0.5, 0.6) is 0 Å². The van der Waals surface area contributed by atoms with Gasteiger partial charge in [-0.15, -0.1) is 6.58 Å². The Bertz CT molecular complexity index is 255. The topological polar surface area (TPSA) is 66.7 Å². The summed E-state index contributed by atoms with van der Waals surface area (Å²) in [6, 6.07) is 0. The van der Waals surface area contributed by atoms with Crippen LogP contribution in [-0.4, -0.2) is 30.1 Å². The highest BCUT2D eigenvalue weighted by atomic mass is 32.3. The molecule has 0 aromatic heterocycles. The molecule has 0 rings (SSSR count). The van der Waals surface area contributed by atoms with E-state index in [9.17, 15) is 8.42 Å². The van der Waals surface area contributed by atoms with Gasteiger partial charge in [-0.25, -0.2) is 0 Å². The first-order chi connectivity index (χ1) is 5.02. The van der Waals surface area contributed by atoms with E-state index in [1.165, 1.54) is 12.3 Å². The molecule has 11 heavy (non-hydrogen) atoms. The first-order valence-corrected chi connectivity index (χ1v) is 5.35. The lowest BCUT2D eigenvalue weighted by Crippen LogP contribution is -2.09. The van der Waals surface area contributed by atoms with Crippen molar-refractivity contribution in [3.8, 4) is 0 Å². The largest absolute Gasteiger partial charge is 0.318 e. The number of thioether (sulfide) groups is 1. The summed E-state index contributed by atoms with van der Waals surface area (Å²) in [4.78, 5) is 3.56. The van der Waals surface area contributed by atoms with Gasteiger partial charge in [-0.2, -0.15) is 8.42 Å². The minimum Gasteiger partial charge on any atom is -0.280 e. The molecule has 4 nitrogen and oxygen atoms in total. The van der Waals surface area contributed by atoms with Crippen molar-refractivity contribution >= 4 is 26.3 Å². The van der Waals surface area contributed by atoms with E-state index in [1.54, 1.807) is 0 Å². The molecule has 0 fully saturated rings. The lowest BCUT2D eigenvalue weighted by atomic mass is 10.7. The minimum absolute atomic E-state index is 0.190. The van der Waals surface area contributed by atoms with Gasteiger partial charge >= 0.3 is 10.1 Å². The quantitative estimate of drug-likeness (QED) is 0.306. The molecule has 0 unspecified atom stereocenters. The second-order valence-corrected chi connectivity index (χ2v) is 3.96. The third-order valence-corrected chi connectivity index (χ3v) is 2.93. The standard InChI is InChI=1S/C5H9NO3S2/c1-3-4-6-5(10-2)11(7,8)9/h3H,1,4H2,2H3,(H,7,8,9).